The summed E-state index contributed by atoms with van der Waals surface area (Å²) in [5.74, 6) is 1.78. The molecule has 15 heavy (non-hydrogen) atoms. The lowest BCUT2D eigenvalue weighted by molar-refractivity contribution is 0.185. The van der Waals surface area contributed by atoms with E-state index in [0.717, 1.165) is 42.3 Å². The average molecular weight is 245 g/mol. The van der Waals surface area contributed by atoms with E-state index in [1.165, 1.54) is 18.0 Å². The fraction of sp³-hybridized carbons (Fsp3) is 0.778. The van der Waals surface area contributed by atoms with Crippen molar-refractivity contribution < 1.29 is 4.74 Å². The molecule has 6 heteroatoms. The van der Waals surface area contributed by atoms with Gasteiger partial charge in [0.1, 0.15) is 6.33 Å². The van der Waals surface area contributed by atoms with Gasteiger partial charge in [-0.3, -0.25) is 0 Å². The monoisotopic (exact) mass is 245 g/mol. The predicted molar refractivity (Wildman–Crippen MR) is 62.4 cm³/mol. The summed E-state index contributed by atoms with van der Waals surface area (Å²) < 4.78 is 10.3. The standard InChI is InChI=1S/C9H15N3OS2/c1-3-13-6-8(1)5-10-2-4-14-9-11-7-12-15-9/h7-8,10H,1-6H2. The van der Waals surface area contributed by atoms with Crippen LogP contribution in [0.15, 0.2) is 10.7 Å². The summed E-state index contributed by atoms with van der Waals surface area (Å²) in [4.78, 5) is 4.11. The molecule has 0 aromatic carbocycles. The molecule has 4 nitrogen and oxygen atoms in total. The van der Waals surface area contributed by atoms with Gasteiger partial charge < -0.3 is 10.1 Å². The summed E-state index contributed by atoms with van der Waals surface area (Å²) in [6.07, 6.45) is 2.81. The van der Waals surface area contributed by atoms with Gasteiger partial charge in [0.15, 0.2) is 4.34 Å². The van der Waals surface area contributed by atoms with Gasteiger partial charge in [0.05, 0.1) is 6.61 Å². The van der Waals surface area contributed by atoms with Gasteiger partial charge in [0.25, 0.3) is 0 Å². The molecule has 0 bridgehead atoms. The minimum atomic E-state index is 0.719. The normalized spacial score (nSPS) is 20.9. The largest absolute Gasteiger partial charge is 0.381 e. The number of hydrogen-bond acceptors (Lipinski definition) is 6. The van der Waals surface area contributed by atoms with Gasteiger partial charge in [-0.2, -0.15) is 4.37 Å². The van der Waals surface area contributed by atoms with Crippen LogP contribution in [-0.4, -0.2) is 41.4 Å². The second kappa shape index (κ2) is 6.42. The molecule has 1 unspecified atom stereocenters. The van der Waals surface area contributed by atoms with Crippen LogP contribution in [0.2, 0.25) is 0 Å². The van der Waals surface area contributed by atoms with E-state index < -0.39 is 0 Å². The molecule has 2 heterocycles. The zero-order valence-corrected chi connectivity index (χ0v) is 10.1. The van der Waals surface area contributed by atoms with Crippen molar-refractivity contribution in [2.45, 2.75) is 10.8 Å². The Kier molecular flexibility index (Phi) is 4.85. The van der Waals surface area contributed by atoms with Crippen molar-refractivity contribution in [2.75, 3.05) is 32.1 Å². The van der Waals surface area contributed by atoms with Gasteiger partial charge in [-0.25, -0.2) is 4.98 Å². The van der Waals surface area contributed by atoms with E-state index in [9.17, 15) is 0 Å². The topological polar surface area (TPSA) is 47.0 Å². The molecule has 0 spiro atoms. The number of thioether (sulfide) groups is 1. The molecule has 1 aliphatic rings. The van der Waals surface area contributed by atoms with Crippen LogP contribution in [0.25, 0.3) is 0 Å². The third-order valence-electron chi connectivity index (χ3n) is 2.30. The highest BCUT2D eigenvalue weighted by atomic mass is 32.2. The van der Waals surface area contributed by atoms with Crippen molar-refractivity contribution in [3.63, 3.8) is 0 Å². The van der Waals surface area contributed by atoms with Gasteiger partial charge in [0, 0.05) is 25.4 Å². The fourth-order valence-electron chi connectivity index (χ4n) is 1.49. The lowest BCUT2D eigenvalue weighted by atomic mass is 10.1. The Morgan fingerprint density at radius 3 is 3.40 bits per heavy atom. The lowest BCUT2D eigenvalue weighted by Crippen LogP contribution is -2.25. The Labute approximate surface area is 98.0 Å². The van der Waals surface area contributed by atoms with Crippen LogP contribution in [0.4, 0.5) is 0 Å². The van der Waals surface area contributed by atoms with Crippen LogP contribution in [0, 0.1) is 5.92 Å². The number of rotatable bonds is 6. The molecule has 1 aromatic heterocycles. The van der Waals surface area contributed by atoms with Crippen LogP contribution >= 0.6 is 23.3 Å². The van der Waals surface area contributed by atoms with E-state index in [1.54, 1.807) is 18.1 Å². The molecule has 2 rings (SSSR count). The smallest absolute Gasteiger partial charge is 0.169 e. The molecular weight excluding hydrogens is 230 g/mol. The van der Waals surface area contributed by atoms with Gasteiger partial charge in [-0.1, -0.05) is 11.8 Å². The fourth-order valence-corrected chi connectivity index (χ4v) is 2.90. The molecule has 1 N–H and O–H groups in total. The van der Waals surface area contributed by atoms with Crippen molar-refractivity contribution in [3.8, 4) is 0 Å². The van der Waals surface area contributed by atoms with Crippen molar-refractivity contribution in [3.05, 3.63) is 6.33 Å². The first-order chi connectivity index (χ1) is 7.45. The average Bonchev–Trinajstić information content (AvgIpc) is 2.88. The Bertz CT molecular complexity index is 262. The van der Waals surface area contributed by atoms with E-state index in [-0.39, 0.29) is 0 Å². The Hall–Kier alpha value is -0.170. The van der Waals surface area contributed by atoms with E-state index in [2.05, 4.69) is 14.7 Å². The van der Waals surface area contributed by atoms with Crippen LogP contribution in [0.3, 0.4) is 0 Å². The van der Waals surface area contributed by atoms with Crippen molar-refractivity contribution in [1.29, 1.82) is 0 Å². The second-order valence-corrected chi connectivity index (χ2v) is 5.61. The number of hydrogen-bond donors (Lipinski definition) is 1. The van der Waals surface area contributed by atoms with Gasteiger partial charge in [0.2, 0.25) is 0 Å². The molecule has 0 aliphatic carbocycles. The van der Waals surface area contributed by atoms with E-state index in [0.29, 0.717) is 0 Å². The third kappa shape index (κ3) is 4.06. The predicted octanol–water partition coefficient (Wildman–Crippen LogP) is 1.26. The number of aromatic nitrogens is 2. The molecule has 0 radical (unpaired) electrons. The molecule has 1 saturated heterocycles. The van der Waals surface area contributed by atoms with Crippen LogP contribution in [0.5, 0.6) is 0 Å². The Morgan fingerprint density at radius 1 is 1.67 bits per heavy atom. The third-order valence-corrected chi connectivity index (χ3v) is 4.10. The van der Waals surface area contributed by atoms with E-state index >= 15 is 0 Å². The first-order valence-corrected chi connectivity index (χ1v) is 6.89. The first kappa shape index (κ1) is 11.3. The summed E-state index contributed by atoms with van der Waals surface area (Å²) in [7, 11) is 0. The number of nitrogens with zero attached hydrogens (tertiary/aromatic N) is 2. The zero-order valence-electron chi connectivity index (χ0n) is 8.52. The maximum Gasteiger partial charge on any atom is 0.169 e. The van der Waals surface area contributed by atoms with Crippen molar-refractivity contribution in [2.24, 2.45) is 5.92 Å². The quantitative estimate of drug-likeness (QED) is 0.604. The molecule has 1 atom stereocenters. The number of nitrogens with one attached hydrogen (secondary N) is 1. The highest BCUT2D eigenvalue weighted by Crippen LogP contribution is 2.17. The van der Waals surface area contributed by atoms with E-state index in [1.807, 2.05) is 0 Å². The molecule has 84 valence electrons. The Morgan fingerprint density at radius 2 is 2.67 bits per heavy atom. The SMILES string of the molecule is c1nsc(SCCNCC2CCOC2)n1. The molecule has 0 saturated carbocycles. The summed E-state index contributed by atoms with van der Waals surface area (Å²) in [5.41, 5.74) is 0. The van der Waals surface area contributed by atoms with Gasteiger partial charge >= 0.3 is 0 Å². The van der Waals surface area contributed by atoms with Crippen LogP contribution in [0.1, 0.15) is 6.42 Å². The maximum absolute atomic E-state index is 5.31. The first-order valence-electron chi connectivity index (χ1n) is 5.13. The molecule has 1 aliphatic heterocycles. The number of ether oxygens (including phenoxy) is 1. The zero-order chi connectivity index (χ0) is 10.3. The molecule has 1 aromatic rings. The molecule has 0 amide bonds. The van der Waals surface area contributed by atoms with Gasteiger partial charge in [-0.15, -0.1) is 0 Å². The van der Waals surface area contributed by atoms with E-state index in [4.69, 9.17) is 4.74 Å². The summed E-state index contributed by atoms with van der Waals surface area (Å²) in [6.45, 7) is 3.97. The second-order valence-electron chi connectivity index (χ2n) is 3.49. The maximum atomic E-state index is 5.31. The minimum Gasteiger partial charge on any atom is -0.381 e. The van der Waals surface area contributed by atoms with Crippen LogP contribution < -0.4 is 5.32 Å². The summed E-state index contributed by atoms with van der Waals surface area (Å²) in [5, 5.41) is 3.45. The van der Waals surface area contributed by atoms with Gasteiger partial charge in [-0.05, 0) is 23.9 Å². The van der Waals surface area contributed by atoms with Crippen molar-refractivity contribution >= 4 is 23.3 Å². The lowest BCUT2D eigenvalue weighted by Gasteiger charge is -2.08. The Balaban J connectivity index is 1.48. The van der Waals surface area contributed by atoms with Crippen molar-refractivity contribution in [1.82, 2.24) is 14.7 Å². The molecule has 1 fully saturated rings. The highest BCUT2D eigenvalue weighted by molar-refractivity contribution is 8.00. The highest BCUT2D eigenvalue weighted by Gasteiger charge is 2.14. The summed E-state index contributed by atoms with van der Waals surface area (Å²) >= 11 is 3.22. The van der Waals surface area contributed by atoms with Crippen LogP contribution in [-0.2, 0) is 4.74 Å². The minimum absolute atomic E-state index is 0.719. The summed E-state index contributed by atoms with van der Waals surface area (Å²) in [6, 6.07) is 0. The molecular formula is C9H15N3OS2.